The van der Waals surface area contributed by atoms with E-state index in [1.807, 2.05) is 6.07 Å². The van der Waals surface area contributed by atoms with Gasteiger partial charge in [-0.3, -0.25) is 9.59 Å². The van der Waals surface area contributed by atoms with Crippen molar-refractivity contribution in [3.05, 3.63) is 41.6 Å². The highest BCUT2D eigenvalue weighted by Crippen LogP contribution is 2.07. The number of esters is 1. The van der Waals surface area contributed by atoms with Crippen molar-refractivity contribution in [2.45, 2.75) is 20.0 Å². The Kier molecular flexibility index (Phi) is 5.46. The second-order valence-corrected chi connectivity index (χ2v) is 4.10. The van der Waals surface area contributed by atoms with E-state index in [9.17, 15) is 14.4 Å². The molecule has 0 bridgehead atoms. The SMILES string of the molecule is CC(=O)N/C(=C\c1ccccc1)C(=O)O[C@@H](C)C(N)=O. The smallest absolute Gasteiger partial charge is 0.355 e. The van der Waals surface area contributed by atoms with Crippen LogP contribution in [0.25, 0.3) is 6.08 Å². The van der Waals surface area contributed by atoms with Crippen LogP contribution in [0.4, 0.5) is 0 Å². The molecule has 1 aromatic carbocycles. The van der Waals surface area contributed by atoms with E-state index in [4.69, 9.17) is 10.5 Å². The van der Waals surface area contributed by atoms with Gasteiger partial charge in [0.05, 0.1) is 0 Å². The number of benzene rings is 1. The van der Waals surface area contributed by atoms with Gasteiger partial charge in [0.15, 0.2) is 6.10 Å². The van der Waals surface area contributed by atoms with Gasteiger partial charge < -0.3 is 15.8 Å². The predicted molar refractivity (Wildman–Crippen MR) is 73.0 cm³/mol. The van der Waals surface area contributed by atoms with Crippen LogP contribution in [0, 0.1) is 0 Å². The van der Waals surface area contributed by atoms with Gasteiger partial charge in [0.25, 0.3) is 5.91 Å². The molecule has 0 fully saturated rings. The number of ether oxygens (including phenoxy) is 1. The molecule has 106 valence electrons. The average molecular weight is 276 g/mol. The fraction of sp³-hybridized carbons (Fsp3) is 0.214. The van der Waals surface area contributed by atoms with Crippen LogP contribution in [0.15, 0.2) is 36.0 Å². The van der Waals surface area contributed by atoms with E-state index in [0.717, 1.165) is 0 Å². The number of nitrogens with one attached hydrogen (secondary N) is 1. The summed E-state index contributed by atoms with van der Waals surface area (Å²) in [6, 6.07) is 8.91. The molecule has 3 N–H and O–H groups in total. The first-order chi connectivity index (χ1) is 9.40. The summed E-state index contributed by atoms with van der Waals surface area (Å²) in [6.07, 6.45) is 0.382. The lowest BCUT2D eigenvalue weighted by molar-refractivity contribution is -0.150. The maximum Gasteiger partial charge on any atom is 0.355 e. The number of hydrogen-bond acceptors (Lipinski definition) is 4. The Morgan fingerprint density at radius 1 is 1.25 bits per heavy atom. The zero-order valence-electron chi connectivity index (χ0n) is 11.3. The molecule has 20 heavy (non-hydrogen) atoms. The van der Waals surface area contributed by atoms with Crippen LogP contribution in [0.1, 0.15) is 19.4 Å². The molecule has 0 spiro atoms. The van der Waals surface area contributed by atoms with Gasteiger partial charge in [-0.2, -0.15) is 0 Å². The zero-order valence-corrected chi connectivity index (χ0v) is 11.3. The van der Waals surface area contributed by atoms with Crippen molar-refractivity contribution in [3.8, 4) is 0 Å². The number of rotatable bonds is 5. The Morgan fingerprint density at radius 3 is 2.35 bits per heavy atom. The van der Waals surface area contributed by atoms with Crippen LogP contribution in [0.3, 0.4) is 0 Å². The standard InChI is InChI=1S/C14H16N2O4/c1-9(13(15)18)20-14(19)12(16-10(2)17)8-11-6-4-3-5-7-11/h3-9H,1-2H3,(H2,15,18)(H,16,17)/b12-8-/t9-/m0/s1. The Bertz CT molecular complexity index is 537. The van der Waals surface area contributed by atoms with E-state index in [1.165, 1.54) is 19.9 Å². The molecule has 0 saturated heterocycles. The van der Waals surface area contributed by atoms with Gasteiger partial charge >= 0.3 is 5.97 Å². The molecule has 0 aliphatic heterocycles. The maximum absolute atomic E-state index is 11.9. The summed E-state index contributed by atoms with van der Waals surface area (Å²) >= 11 is 0. The van der Waals surface area contributed by atoms with Crippen molar-refractivity contribution in [2.75, 3.05) is 0 Å². The molecule has 1 rings (SSSR count). The topological polar surface area (TPSA) is 98.5 Å². The number of amides is 2. The molecule has 0 radical (unpaired) electrons. The molecule has 6 heteroatoms. The Labute approximate surface area is 116 Å². The molecule has 0 heterocycles. The summed E-state index contributed by atoms with van der Waals surface area (Å²) in [7, 11) is 0. The minimum atomic E-state index is -1.07. The van der Waals surface area contributed by atoms with Crippen LogP contribution in [0.5, 0.6) is 0 Å². The molecule has 0 unspecified atom stereocenters. The summed E-state index contributed by atoms with van der Waals surface area (Å²) in [6.45, 7) is 2.62. The summed E-state index contributed by atoms with van der Waals surface area (Å²) in [5.74, 6) is -2.01. The summed E-state index contributed by atoms with van der Waals surface area (Å²) in [4.78, 5) is 33.9. The van der Waals surface area contributed by atoms with E-state index >= 15 is 0 Å². The second kappa shape index (κ2) is 7.08. The van der Waals surface area contributed by atoms with Crippen LogP contribution < -0.4 is 11.1 Å². The molecule has 6 nitrogen and oxygen atoms in total. The van der Waals surface area contributed by atoms with Crippen LogP contribution in [-0.4, -0.2) is 23.9 Å². The van der Waals surface area contributed by atoms with Gasteiger partial charge in [-0.05, 0) is 18.6 Å². The van der Waals surface area contributed by atoms with Gasteiger partial charge in [0.1, 0.15) is 5.70 Å². The number of primary amides is 1. The van der Waals surface area contributed by atoms with Crippen LogP contribution >= 0.6 is 0 Å². The first-order valence-electron chi connectivity index (χ1n) is 5.94. The molecule has 1 atom stereocenters. The van der Waals surface area contributed by atoms with Crippen molar-refractivity contribution in [2.24, 2.45) is 5.73 Å². The molecule has 0 aliphatic carbocycles. The minimum Gasteiger partial charge on any atom is -0.448 e. The lowest BCUT2D eigenvalue weighted by atomic mass is 10.2. The first kappa shape index (κ1) is 15.4. The van der Waals surface area contributed by atoms with Gasteiger partial charge in [-0.25, -0.2) is 4.79 Å². The Hall–Kier alpha value is -2.63. The Morgan fingerprint density at radius 2 is 1.85 bits per heavy atom. The van der Waals surface area contributed by atoms with Crippen LogP contribution in [-0.2, 0) is 19.1 Å². The van der Waals surface area contributed by atoms with E-state index in [2.05, 4.69) is 5.32 Å². The summed E-state index contributed by atoms with van der Waals surface area (Å²) < 4.78 is 4.85. The van der Waals surface area contributed by atoms with E-state index in [1.54, 1.807) is 24.3 Å². The minimum absolute atomic E-state index is 0.0585. The molecule has 0 aromatic heterocycles. The van der Waals surface area contributed by atoms with Crippen LogP contribution in [0.2, 0.25) is 0 Å². The summed E-state index contributed by atoms with van der Waals surface area (Å²) in [5.41, 5.74) is 5.67. The number of carbonyl (C=O) groups excluding carboxylic acids is 3. The monoisotopic (exact) mass is 276 g/mol. The third-order valence-electron chi connectivity index (χ3n) is 2.33. The largest absolute Gasteiger partial charge is 0.448 e. The van der Waals surface area contributed by atoms with Crippen molar-refractivity contribution >= 4 is 23.9 Å². The average Bonchev–Trinajstić information content (AvgIpc) is 2.38. The number of hydrogen-bond donors (Lipinski definition) is 2. The third kappa shape index (κ3) is 4.93. The quantitative estimate of drug-likeness (QED) is 0.607. The molecule has 0 aliphatic rings. The van der Waals surface area contributed by atoms with E-state index in [0.29, 0.717) is 5.56 Å². The molecule has 0 saturated carbocycles. The fourth-order valence-corrected chi connectivity index (χ4v) is 1.33. The second-order valence-electron chi connectivity index (χ2n) is 4.10. The van der Waals surface area contributed by atoms with Crippen molar-refractivity contribution in [3.63, 3.8) is 0 Å². The van der Waals surface area contributed by atoms with Gasteiger partial charge in [0, 0.05) is 6.92 Å². The highest BCUT2D eigenvalue weighted by atomic mass is 16.5. The van der Waals surface area contributed by atoms with Crippen molar-refractivity contribution in [1.82, 2.24) is 5.32 Å². The van der Waals surface area contributed by atoms with Gasteiger partial charge in [0.2, 0.25) is 5.91 Å². The normalized spacial score (nSPS) is 12.4. The molecule has 1 aromatic rings. The molecule has 2 amide bonds. The lowest BCUT2D eigenvalue weighted by Crippen LogP contribution is -2.34. The van der Waals surface area contributed by atoms with E-state index in [-0.39, 0.29) is 5.70 Å². The lowest BCUT2D eigenvalue weighted by Gasteiger charge is -2.12. The maximum atomic E-state index is 11.9. The zero-order chi connectivity index (χ0) is 15.1. The molecular weight excluding hydrogens is 260 g/mol. The van der Waals surface area contributed by atoms with Gasteiger partial charge in [-0.1, -0.05) is 30.3 Å². The third-order valence-corrected chi connectivity index (χ3v) is 2.33. The van der Waals surface area contributed by atoms with E-state index < -0.39 is 23.9 Å². The predicted octanol–water partition coefficient (Wildman–Crippen LogP) is 0.581. The number of carbonyl (C=O) groups is 3. The Balaban J connectivity index is 2.95. The van der Waals surface area contributed by atoms with Crippen molar-refractivity contribution < 1.29 is 19.1 Å². The highest BCUT2D eigenvalue weighted by molar-refractivity contribution is 5.98. The number of nitrogens with two attached hydrogens (primary N) is 1. The van der Waals surface area contributed by atoms with Gasteiger partial charge in [-0.15, -0.1) is 0 Å². The molecular formula is C14H16N2O4. The highest BCUT2D eigenvalue weighted by Gasteiger charge is 2.19. The fourth-order valence-electron chi connectivity index (χ4n) is 1.33. The summed E-state index contributed by atoms with van der Waals surface area (Å²) in [5, 5.41) is 2.37. The first-order valence-corrected chi connectivity index (χ1v) is 5.94. The van der Waals surface area contributed by atoms with Crippen molar-refractivity contribution in [1.29, 1.82) is 0 Å².